The Morgan fingerprint density at radius 3 is 2.40 bits per heavy atom. The van der Waals surface area contributed by atoms with Gasteiger partial charge in [0.15, 0.2) is 0 Å². The molecule has 4 nitrogen and oxygen atoms in total. The highest BCUT2D eigenvalue weighted by molar-refractivity contribution is 7.90. The highest BCUT2D eigenvalue weighted by atomic mass is 32.2. The lowest BCUT2D eigenvalue weighted by Crippen LogP contribution is -2.36. The van der Waals surface area contributed by atoms with E-state index in [1.165, 1.54) is 0 Å². The van der Waals surface area contributed by atoms with E-state index in [-0.39, 0.29) is 6.54 Å². The largest absolute Gasteiger partial charge is 0.329 e. The van der Waals surface area contributed by atoms with E-state index in [9.17, 15) is 8.42 Å². The zero-order valence-corrected chi connectivity index (χ0v) is 7.11. The van der Waals surface area contributed by atoms with Crippen LogP contribution in [-0.4, -0.2) is 26.8 Å². The van der Waals surface area contributed by atoms with E-state index in [4.69, 9.17) is 5.73 Å². The van der Waals surface area contributed by atoms with E-state index in [0.717, 1.165) is 0 Å². The van der Waals surface area contributed by atoms with Crippen LogP contribution in [0.2, 0.25) is 0 Å². The van der Waals surface area contributed by atoms with Gasteiger partial charge in [0.2, 0.25) is 10.0 Å². The number of rotatable bonds is 4. The van der Waals surface area contributed by atoms with E-state index >= 15 is 0 Å². The molecule has 3 N–H and O–H groups in total. The van der Waals surface area contributed by atoms with Crippen LogP contribution in [0, 0.1) is 0 Å². The third kappa shape index (κ3) is 2.64. The first-order valence-electron chi connectivity index (χ1n) is 3.23. The van der Waals surface area contributed by atoms with E-state index in [1.807, 2.05) is 0 Å². The van der Waals surface area contributed by atoms with Gasteiger partial charge in [0.1, 0.15) is 0 Å². The van der Waals surface area contributed by atoms with Crippen molar-refractivity contribution in [2.45, 2.75) is 19.1 Å². The Bertz CT molecular complexity index is 176. The van der Waals surface area contributed by atoms with Gasteiger partial charge in [-0.25, -0.2) is 13.1 Å². The van der Waals surface area contributed by atoms with Gasteiger partial charge in [0, 0.05) is 13.1 Å². The Labute approximate surface area is 61.8 Å². The molecule has 10 heavy (non-hydrogen) atoms. The Balaban J connectivity index is 4.12. The first-order valence-corrected chi connectivity index (χ1v) is 4.77. The second kappa shape index (κ2) is 3.90. The molecule has 0 rings (SSSR count). The number of nitrogens with two attached hydrogens (primary N) is 1. The van der Waals surface area contributed by atoms with Gasteiger partial charge in [0.05, 0.1) is 5.25 Å². The summed E-state index contributed by atoms with van der Waals surface area (Å²) in [7, 11) is -3.14. The van der Waals surface area contributed by atoms with Crippen LogP contribution in [0.1, 0.15) is 13.8 Å². The van der Waals surface area contributed by atoms with Crippen LogP contribution in [0.5, 0.6) is 0 Å². The molecule has 0 aromatic carbocycles. The molecular weight excluding hydrogens is 152 g/mol. The van der Waals surface area contributed by atoms with Crippen molar-refractivity contribution in [1.29, 1.82) is 0 Å². The Morgan fingerprint density at radius 1 is 1.60 bits per heavy atom. The van der Waals surface area contributed by atoms with Crippen LogP contribution in [0.4, 0.5) is 0 Å². The monoisotopic (exact) mass is 166 g/mol. The van der Waals surface area contributed by atoms with Crippen molar-refractivity contribution in [3.8, 4) is 0 Å². The topological polar surface area (TPSA) is 72.2 Å². The summed E-state index contributed by atoms with van der Waals surface area (Å²) in [5, 5.41) is -0.493. The van der Waals surface area contributed by atoms with Crippen molar-refractivity contribution in [2.75, 3.05) is 13.1 Å². The predicted octanol–water partition coefficient (Wildman–Crippen LogP) is -0.727. The lowest BCUT2D eigenvalue weighted by molar-refractivity contribution is 0.571. The van der Waals surface area contributed by atoms with Gasteiger partial charge in [0.25, 0.3) is 0 Å². The van der Waals surface area contributed by atoms with Crippen LogP contribution >= 0.6 is 0 Å². The number of nitrogens with one attached hydrogen (secondary N) is 1. The molecule has 0 aliphatic carbocycles. The minimum Gasteiger partial charge on any atom is -0.329 e. The third-order valence-corrected chi connectivity index (χ3v) is 3.15. The molecule has 0 aromatic heterocycles. The van der Waals surface area contributed by atoms with Crippen LogP contribution in [-0.2, 0) is 10.0 Å². The lowest BCUT2D eigenvalue weighted by atomic mass is 10.5. The molecule has 62 valence electrons. The Hall–Kier alpha value is -0.130. The minimum atomic E-state index is -3.14. The fraction of sp³-hybridized carbons (Fsp3) is 1.00. The number of sulfonamides is 1. The van der Waals surface area contributed by atoms with E-state index in [0.29, 0.717) is 6.54 Å². The molecule has 1 atom stereocenters. The molecule has 0 amide bonds. The summed E-state index contributed by atoms with van der Waals surface area (Å²) in [5.41, 5.74) is 5.17. The molecule has 0 saturated carbocycles. The lowest BCUT2D eigenvalue weighted by Gasteiger charge is -2.09. The molecule has 0 radical (unpaired) electrons. The van der Waals surface area contributed by atoms with Crippen molar-refractivity contribution in [1.82, 2.24) is 4.72 Å². The summed E-state index contributed by atoms with van der Waals surface area (Å²) in [4.78, 5) is 0. The van der Waals surface area contributed by atoms with E-state index in [1.54, 1.807) is 13.8 Å². The SMILES string of the molecule is CCNS(=O)(=O)C(C)CN. The summed E-state index contributed by atoms with van der Waals surface area (Å²) in [6.07, 6.45) is 0. The van der Waals surface area contributed by atoms with E-state index < -0.39 is 15.3 Å². The van der Waals surface area contributed by atoms with Crippen LogP contribution < -0.4 is 10.5 Å². The highest BCUT2D eigenvalue weighted by Crippen LogP contribution is 1.93. The van der Waals surface area contributed by atoms with Crippen molar-refractivity contribution >= 4 is 10.0 Å². The molecule has 0 aromatic rings. The van der Waals surface area contributed by atoms with Gasteiger partial charge in [-0.2, -0.15) is 0 Å². The maximum absolute atomic E-state index is 11.0. The predicted molar refractivity (Wildman–Crippen MR) is 41.1 cm³/mol. The average molecular weight is 166 g/mol. The fourth-order valence-corrected chi connectivity index (χ4v) is 1.41. The molecule has 0 aliphatic rings. The zero-order valence-electron chi connectivity index (χ0n) is 6.29. The molecule has 0 saturated heterocycles. The van der Waals surface area contributed by atoms with Crippen molar-refractivity contribution in [2.24, 2.45) is 5.73 Å². The van der Waals surface area contributed by atoms with Gasteiger partial charge < -0.3 is 5.73 Å². The van der Waals surface area contributed by atoms with Crippen molar-refractivity contribution in [3.05, 3.63) is 0 Å². The zero-order chi connectivity index (χ0) is 8.20. The summed E-state index contributed by atoms with van der Waals surface area (Å²) >= 11 is 0. The molecule has 5 heteroatoms. The highest BCUT2D eigenvalue weighted by Gasteiger charge is 2.16. The first-order chi connectivity index (χ1) is 4.54. The Morgan fingerprint density at radius 2 is 2.10 bits per heavy atom. The third-order valence-electron chi connectivity index (χ3n) is 1.21. The average Bonchev–Trinajstić information content (AvgIpc) is 1.86. The maximum Gasteiger partial charge on any atom is 0.215 e. The van der Waals surface area contributed by atoms with Gasteiger partial charge in [-0.3, -0.25) is 0 Å². The van der Waals surface area contributed by atoms with E-state index in [2.05, 4.69) is 4.72 Å². The minimum absolute atomic E-state index is 0.162. The van der Waals surface area contributed by atoms with Gasteiger partial charge >= 0.3 is 0 Å². The van der Waals surface area contributed by atoms with Crippen molar-refractivity contribution < 1.29 is 8.42 Å². The second-order valence-electron chi connectivity index (χ2n) is 2.09. The fourth-order valence-electron chi connectivity index (χ4n) is 0.470. The number of hydrogen-bond donors (Lipinski definition) is 2. The summed E-state index contributed by atoms with van der Waals surface area (Å²) < 4.78 is 24.3. The molecule has 0 spiro atoms. The molecule has 0 aliphatic heterocycles. The van der Waals surface area contributed by atoms with Crippen LogP contribution in [0.3, 0.4) is 0 Å². The molecule has 0 fully saturated rings. The molecule has 1 unspecified atom stereocenters. The molecule has 0 heterocycles. The summed E-state index contributed by atoms with van der Waals surface area (Å²) in [5.74, 6) is 0. The maximum atomic E-state index is 11.0. The van der Waals surface area contributed by atoms with Crippen molar-refractivity contribution in [3.63, 3.8) is 0 Å². The van der Waals surface area contributed by atoms with Gasteiger partial charge in [-0.05, 0) is 6.92 Å². The Kier molecular flexibility index (Phi) is 3.85. The van der Waals surface area contributed by atoms with Gasteiger partial charge in [-0.1, -0.05) is 6.92 Å². The van der Waals surface area contributed by atoms with Crippen LogP contribution in [0.25, 0.3) is 0 Å². The quantitative estimate of drug-likeness (QED) is 0.578. The van der Waals surface area contributed by atoms with Gasteiger partial charge in [-0.15, -0.1) is 0 Å². The summed E-state index contributed by atoms with van der Waals surface area (Å²) in [6.45, 7) is 3.90. The first kappa shape index (κ1) is 9.87. The van der Waals surface area contributed by atoms with Crippen LogP contribution in [0.15, 0.2) is 0 Å². The molecule has 0 bridgehead atoms. The smallest absolute Gasteiger partial charge is 0.215 e. The molecular formula is C5H14N2O2S. The standard InChI is InChI=1S/C5H14N2O2S/c1-3-7-10(8,9)5(2)4-6/h5,7H,3-4,6H2,1-2H3. The number of hydrogen-bond acceptors (Lipinski definition) is 3. The normalized spacial score (nSPS) is 15.1. The summed E-state index contributed by atoms with van der Waals surface area (Å²) in [6, 6.07) is 0. The second-order valence-corrected chi connectivity index (χ2v) is 4.27.